The summed E-state index contributed by atoms with van der Waals surface area (Å²) in [7, 11) is 0. The van der Waals surface area contributed by atoms with Gasteiger partial charge < -0.3 is 9.47 Å². The van der Waals surface area contributed by atoms with Crippen LogP contribution in [0.25, 0.3) is 0 Å². The molecular weight excluding hydrogens is 459 g/mol. The van der Waals surface area contributed by atoms with Gasteiger partial charge in [0.1, 0.15) is 12.4 Å². The molecule has 0 spiro atoms. The van der Waals surface area contributed by atoms with Crippen LogP contribution in [0.2, 0.25) is 10.0 Å². The van der Waals surface area contributed by atoms with Crippen molar-refractivity contribution in [3.63, 3.8) is 0 Å². The minimum absolute atomic E-state index is 0.0342. The van der Waals surface area contributed by atoms with Crippen molar-refractivity contribution in [3.8, 4) is 5.75 Å². The first kappa shape index (κ1) is 23.1. The van der Waals surface area contributed by atoms with E-state index < -0.39 is 5.97 Å². The second-order valence-corrected chi connectivity index (χ2v) is 8.20. The molecule has 1 aromatic heterocycles. The van der Waals surface area contributed by atoms with Gasteiger partial charge in [-0.15, -0.1) is 11.3 Å². The maximum Gasteiger partial charge on any atom is 0.344 e. The highest BCUT2D eigenvalue weighted by molar-refractivity contribution is 7.14. The molecule has 0 fully saturated rings. The molecule has 0 aliphatic heterocycles. The van der Waals surface area contributed by atoms with E-state index in [0.29, 0.717) is 26.6 Å². The molecule has 0 N–H and O–H groups in total. The minimum atomic E-state index is -0.570. The SMILES string of the molecule is CCc1ccc(N(C(C)=O)c2nc(COC(=O)COc3ccc(Cl)cc3Cl)cs2)cc1. The van der Waals surface area contributed by atoms with Gasteiger partial charge in [0, 0.05) is 17.3 Å². The molecule has 0 atom stereocenters. The highest BCUT2D eigenvalue weighted by atomic mass is 35.5. The lowest BCUT2D eigenvalue weighted by Gasteiger charge is -2.18. The number of nitrogens with zero attached hydrogens (tertiary/aromatic N) is 2. The molecule has 3 rings (SSSR count). The van der Waals surface area contributed by atoms with E-state index in [0.717, 1.165) is 12.1 Å². The molecule has 1 heterocycles. The number of thiazole rings is 1. The highest BCUT2D eigenvalue weighted by Gasteiger charge is 2.18. The molecule has 9 heteroatoms. The fraction of sp³-hybridized carbons (Fsp3) is 0.227. The van der Waals surface area contributed by atoms with E-state index in [9.17, 15) is 9.59 Å². The maximum absolute atomic E-state index is 12.2. The number of hydrogen-bond acceptors (Lipinski definition) is 6. The average Bonchev–Trinajstić information content (AvgIpc) is 3.20. The Morgan fingerprint density at radius 2 is 1.87 bits per heavy atom. The highest BCUT2D eigenvalue weighted by Crippen LogP contribution is 2.30. The number of ether oxygens (including phenoxy) is 2. The second kappa shape index (κ2) is 10.6. The van der Waals surface area contributed by atoms with Crippen LogP contribution < -0.4 is 9.64 Å². The number of amides is 1. The Balaban J connectivity index is 1.59. The Bertz CT molecular complexity index is 1070. The molecule has 31 heavy (non-hydrogen) atoms. The summed E-state index contributed by atoms with van der Waals surface area (Å²) in [6.45, 7) is 3.21. The molecule has 0 radical (unpaired) electrons. The van der Waals surface area contributed by atoms with E-state index in [-0.39, 0.29) is 19.1 Å². The van der Waals surface area contributed by atoms with Crippen LogP contribution in [-0.4, -0.2) is 23.5 Å². The number of halogens is 2. The molecule has 0 aliphatic carbocycles. The third kappa shape index (κ3) is 6.19. The van der Waals surface area contributed by atoms with Crippen LogP contribution in [0.15, 0.2) is 47.8 Å². The predicted octanol–water partition coefficient (Wildman–Crippen LogP) is 5.82. The van der Waals surface area contributed by atoms with Gasteiger partial charge >= 0.3 is 5.97 Å². The van der Waals surface area contributed by atoms with Crippen LogP contribution in [0, 0.1) is 0 Å². The lowest BCUT2D eigenvalue weighted by Crippen LogP contribution is -2.22. The Labute approximate surface area is 194 Å². The lowest BCUT2D eigenvalue weighted by molar-refractivity contribution is -0.147. The van der Waals surface area contributed by atoms with E-state index in [1.165, 1.54) is 34.8 Å². The number of carbonyl (C=O) groups is 2. The summed E-state index contributed by atoms with van der Waals surface area (Å²) < 4.78 is 10.6. The number of aryl methyl sites for hydroxylation is 1. The number of rotatable bonds is 8. The number of anilines is 2. The zero-order valence-corrected chi connectivity index (χ0v) is 19.3. The van der Waals surface area contributed by atoms with Crippen molar-refractivity contribution in [1.82, 2.24) is 4.98 Å². The van der Waals surface area contributed by atoms with Crippen molar-refractivity contribution in [3.05, 3.63) is 69.1 Å². The van der Waals surface area contributed by atoms with Gasteiger partial charge in [-0.1, -0.05) is 42.3 Å². The van der Waals surface area contributed by atoms with Gasteiger partial charge in [0.2, 0.25) is 5.91 Å². The summed E-state index contributed by atoms with van der Waals surface area (Å²) in [6.07, 6.45) is 0.918. The summed E-state index contributed by atoms with van der Waals surface area (Å²) in [6, 6.07) is 12.5. The van der Waals surface area contributed by atoms with Crippen LogP contribution >= 0.6 is 34.5 Å². The molecule has 6 nitrogen and oxygen atoms in total. The third-order valence-corrected chi connectivity index (χ3v) is 5.67. The van der Waals surface area contributed by atoms with Gasteiger partial charge in [0.15, 0.2) is 11.7 Å². The largest absolute Gasteiger partial charge is 0.480 e. The van der Waals surface area contributed by atoms with Crippen molar-refractivity contribution >= 4 is 57.2 Å². The molecule has 0 unspecified atom stereocenters. The van der Waals surface area contributed by atoms with E-state index in [1.54, 1.807) is 17.5 Å². The summed E-state index contributed by atoms with van der Waals surface area (Å²) in [5.41, 5.74) is 2.45. The van der Waals surface area contributed by atoms with Crippen LogP contribution in [0.4, 0.5) is 10.8 Å². The topological polar surface area (TPSA) is 68.7 Å². The second-order valence-electron chi connectivity index (χ2n) is 6.52. The molecule has 3 aromatic rings. The van der Waals surface area contributed by atoms with E-state index in [4.69, 9.17) is 32.7 Å². The quantitative estimate of drug-likeness (QED) is 0.381. The number of hydrogen-bond donors (Lipinski definition) is 0. The fourth-order valence-electron chi connectivity index (χ4n) is 2.70. The monoisotopic (exact) mass is 478 g/mol. The normalized spacial score (nSPS) is 10.6. The van der Waals surface area contributed by atoms with Crippen LogP contribution in [-0.2, 0) is 27.4 Å². The van der Waals surface area contributed by atoms with Crippen molar-refractivity contribution in [2.24, 2.45) is 0 Å². The zero-order valence-electron chi connectivity index (χ0n) is 16.9. The van der Waals surface area contributed by atoms with E-state index in [1.807, 2.05) is 24.3 Å². The van der Waals surface area contributed by atoms with E-state index >= 15 is 0 Å². The first-order valence-electron chi connectivity index (χ1n) is 9.45. The summed E-state index contributed by atoms with van der Waals surface area (Å²) in [5, 5.41) is 3.03. The number of benzene rings is 2. The Morgan fingerprint density at radius 3 is 2.52 bits per heavy atom. The summed E-state index contributed by atoms with van der Waals surface area (Å²) in [5.74, 6) is -0.389. The average molecular weight is 479 g/mol. The Morgan fingerprint density at radius 1 is 1.13 bits per heavy atom. The van der Waals surface area contributed by atoms with Gasteiger partial charge in [0.25, 0.3) is 0 Å². The number of esters is 1. The molecule has 0 aliphatic rings. The van der Waals surface area contributed by atoms with Crippen molar-refractivity contribution in [2.75, 3.05) is 11.5 Å². The zero-order chi connectivity index (χ0) is 22.4. The van der Waals surface area contributed by atoms with E-state index in [2.05, 4.69) is 11.9 Å². The van der Waals surface area contributed by atoms with Crippen molar-refractivity contribution < 1.29 is 19.1 Å². The smallest absolute Gasteiger partial charge is 0.344 e. The van der Waals surface area contributed by atoms with Crippen molar-refractivity contribution in [1.29, 1.82) is 0 Å². The van der Waals surface area contributed by atoms with Gasteiger partial charge in [0.05, 0.1) is 16.4 Å². The van der Waals surface area contributed by atoms with Crippen molar-refractivity contribution in [2.45, 2.75) is 26.9 Å². The molecule has 162 valence electrons. The minimum Gasteiger partial charge on any atom is -0.480 e. The van der Waals surface area contributed by atoms with Gasteiger partial charge in [-0.3, -0.25) is 9.69 Å². The Kier molecular flexibility index (Phi) is 7.90. The molecule has 0 saturated heterocycles. The first-order chi connectivity index (χ1) is 14.9. The molecule has 1 amide bonds. The first-order valence-corrected chi connectivity index (χ1v) is 11.1. The van der Waals surface area contributed by atoms with Gasteiger partial charge in [-0.05, 0) is 42.3 Å². The summed E-state index contributed by atoms with van der Waals surface area (Å²) in [4.78, 5) is 30.2. The number of aromatic nitrogens is 1. The van der Waals surface area contributed by atoms with Crippen LogP contribution in [0.3, 0.4) is 0 Å². The predicted molar refractivity (Wildman–Crippen MR) is 123 cm³/mol. The Hall–Kier alpha value is -2.61. The third-order valence-electron chi connectivity index (χ3n) is 4.27. The van der Waals surface area contributed by atoms with Crippen LogP contribution in [0.5, 0.6) is 5.75 Å². The standard InChI is InChI=1S/C22H20Cl2N2O4S/c1-3-15-4-7-18(8-5-15)26(14(2)27)22-25-17(13-31-22)11-30-21(28)12-29-20-9-6-16(23)10-19(20)24/h4-10,13H,3,11-12H2,1-2H3. The molecule has 0 saturated carbocycles. The van der Waals surface area contributed by atoms with Gasteiger partial charge in [-0.25, -0.2) is 9.78 Å². The van der Waals surface area contributed by atoms with Gasteiger partial charge in [-0.2, -0.15) is 0 Å². The fourth-order valence-corrected chi connectivity index (χ4v) is 4.03. The van der Waals surface area contributed by atoms with Crippen LogP contribution in [0.1, 0.15) is 25.1 Å². The lowest BCUT2D eigenvalue weighted by atomic mass is 10.1. The molecule has 2 aromatic carbocycles. The maximum atomic E-state index is 12.2. The number of carbonyl (C=O) groups excluding carboxylic acids is 2. The summed E-state index contributed by atoms with van der Waals surface area (Å²) >= 11 is 13.1. The molecular formula is C22H20Cl2N2O4S. The molecule has 0 bridgehead atoms.